The Balaban J connectivity index is 2.82. The van der Waals surface area contributed by atoms with Crippen molar-refractivity contribution in [3.05, 3.63) is 12.2 Å². The zero-order valence-corrected chi connectivity index (χ0v) is 5.05. The van der Waals surface area contributed by atoms with Gasteiger partial charge in [-0.2, -0.15) is 0 Å². The molecule has 0 aromatic carbocycles. The van der Waals surface area contributed by atoms with Gasteiger partial charge in [0.05, 0.1) is 0 Å². The lowest BCUT2D eigenvalue weighted by Gasteiger charge is -1.88. The minimum absolute atomic E-state index is 0.712. The highest BCUT2D eigenvalue weighted by Gasteiger charge is 1.74. The van der Waals surface area contributed by atoms with Gasteiger partial charge in [-0.25, -0.2) is 0 Å². The van der Waals surface area contributed by atoms with Gasteiger partial charge in [-0.1, -0.05) is 12.2 Å². The van der Waals surface area contributed by atoms with E-state index in [1.165, 1.54) is 0 Å². The first-order chi connectivity index (χ1) is 3.91. The van der Waals surface area contributed by atoms with Crippen LogP contribution in [-0.2, 0) is 4.79 Å². The van der Waals surface area contributed by atoms with Gasteiger partial charge in [0, 0.05) is 6.54 Å². The van der Waals surface area contributed by atoms with E-state index in [1.54, 1.807) is 0 Å². The van der Waals surface area contributed by atoms with Crippen molar-refractivity contribution < 1.29 is 4.79 Å². The van der Waals surface area contributed by atoms with Crippen LogP contribution in [0.15, 0.2) is 12.2 Å². The van der Waals surface area contributed by atoms with Crippen molar-refractivity contribution in [1.82, 2.24) is 5.32 Å². The summed E-state index contributed by atoms with van der Waals surface area (Å²) in [5.41, 5.74) is 0. The van der Waals surface area contributed by atoms with Crippen molar-refractivity contribution in [3.63, 3.8) is 0 Å². The van der Waals surface area contributed by atoms with E-state index in [4.69, 9.17) is 0 Å². The molecule has 1 amide bonds. The van der Waals surface area contributed by atoms with E-state index in [0.29, 0.717) is 6.41 Å². The molecule has 2 nitrogen and oxygen atoms in total. The molecule has 0 aromatic rings. The molecule has 0 heterocycles. The molecule has 0 rings (SSSR count). The molecule has 0 saturated heterocycles. The highest BCUT2D eigenvalue weighted by molar-refractivity contribution is 5.45. The fraction of sp³-hybridized carbons (Fsp3) is 0.500. The van der Waals surface area contributed by atoms with Crippen LogP contribution in [0.1, 0.15) is 13.3 Å². The fourth-order valence-electron chi connectivity index (χ4n) is 0.392. The summed E-state index contributed by atoms with van der Waals surface area (Å²) in [7, 11) is 0. The molecule has 0 fully saturated rings. The molecule has 0 unspecified atom stereocenters. The molecule has 0 atom stereocenters. The molecule has 0 bridgehead atoms. The normalized spacial score (nSPS) is 9.62. The minimum atomic E-state index is 0.712. The summed E-state index contributed by atoms with van der Waals surface area (Å²) in [6.07, 6.45) is 5.61. The van der Waals surface area contributed by atoms with E-state index >= 15 is 0 Å². The Labute approximate surface area is 49.6 Å². The summed E-state index contributed by atoms with van der Waals surface area (Å²) in [6, 6.07) is 0. The Morgan fingerprint density at radius 3 is 2.88 bits per heavy atom. The molecule has 1 N–H and O–H groups in total. The molecular formula is C6H11NO. The van der Waals surface area contributed by atoms with Crippen molar-refractivity contribution in [2.24, 2.45) is 0 Å². The summed E-state index contributed by atoms with van der Waals surface area (Å²) in [5, 5.41) is 2.55. The van der Waals surface area contributed by atoms with Crippen LogP contribution in [0.25, 0.3) is 0 Å². The molecule has 0 radical (unpaired) electrons. The zero-order chi connectivity index (χ0) is 6.24. The molecule has 0 saturated carbocycles. The third-order valence-electron chi connectivity index (χ3n) is 0.774. The number of carbonyl (C=O) groups excluding carboxylic acids is 1. The van der Waals surface area contributed by atoms with Gasteiger partial charge in [-0.15, -0.1) is 0 Å². The number of hydrogen-bond acceptors (Lipinski definition) is 1. The van der Waals surface area contributed by atoms with E-state index in [1.807, 2.05) is 19.1 Å². The summed E-state index contributed by atoms with van der Waals surface area (Å²) in [4.78, 5) is 9.63. The Kier molecular flexibility index (Phi) is 5.60. The lowest BCUT2D eigenvalue weighted by atomic mass is 10.4. The molecule has 8 heavy (non-hydrogen) atoms. The van der Waals surface area contributed by atoms with Crippen LogP contribution in [0.4, 0.5) is 0 Å². The SMILES string of the molecule is C/C=C/CCNC=O. The molecule has 0 aliphatic rings. The number of rotatable bonds is 4. The Morgan fingerprint density at radius 2 is 2.38 bits per heavy atom. The summed E-state index contributed by atoms with van der Waals surface area (Å²) < 4.78 is 0. The number of nitrogens with one attached hydrogen (secondary N) is 1. The third-order valence-corrected chi connectivity index (χ3v) is 0.774. The van der Waals surface area contributed by atoms with Gasteiger partial charge in [0.25, 0.3) is 0 Å². The number of carbonyl (C=O) groups is 1. The summed E-state index contributed by atoms with van der Waals surface area (Å²) in [5.74, 6) is 0. The first-order valence-electron chi connectivity index (χ1n) is 2.70. The van der Waals surface area contributed by atoms with Crippen molar-refractivity contribution in [1.29, 1.82) is 0 Å². The monoisotopic (exact) mass is 113 g/mol. The van der Waals surface area contributed by atoms with Gasteiger partial charge < -0.3 is 5.32 Å². The van der Waals surface area contributed by atoms with Crippen LogP contribution >= 0.6 is 0 Å². The quantitative estimate of drug-likeness (QED) is 0.324. The topological polar surface area (TPSA) is 29.1 Å². The molecule has 2 heteroatoms. The maximum atomic E-state index is 9.63. The summed E-state index contributed by atoms with van der Waals surface area (Å²) in [6.45, 7) is 2.70. The van der Waals surface area contributed by atoms with Crippen molar-refractivity contribution in [3.8, 4) is 0 Å². The van der Waals surface area contributed by atoms with E-state index < -0.39 is 0 Å². The molecular weight excluding hydrogens is 102 g/mol. The number of hydrogen-bond donors (Lipinski definition) is 1. The van der Waals surface area contributed by atoms with Crippen LogP contribution < -0.4 is 5.32 Å². The predicted molar refractivity (Wildman–Crippen MR) is 33.5 cm³/mol. The van der Waals surface area contributed by atoms with Crippen LogP contribution in [0.5, 0.6) is 0 Å². The minimum Gasteiger partial charge on any atom is -0.358 e. The van der Waals surface area contributed by atoms with Gasteiger partial charge >= 0.3 is 0 Å². The number of amides is 1. The third kappa shape index (κ3) is 5.21. The van der Waals surface area contributed by atoms with Gasteiger partial charge in [0.15, 0.2) is 0 Å². The van der Waals surface area contributed by atoms with Crippen LogP contribution in [0.3, 0.4) is 0 Å². The van der Waals surface area contributed by atoms with Crippen LogP contribution in [0.2, 0.25) is 0 Å². The second-order valence-electron chi connectivity index (χ2n) is 1.43. The molecule has 0 aliphatic carbocycles. The zero-order valence-electron chi connectivity index (χ0n) is 5.05. The van der Waals surface area contributed by atoms with Gasteiger partial charge in [0.1, 0.15) is 0 Å². The Hall–Kier alpha value is -0.790. The average molecular weight is 113 g/mol. The smallest absolute Gasteiger partial charge is 0.207 e. The maximum Gasteiger partial charge on any atom is 0.207 e. The van der Waals surface area contributed by atoms with Gasteiger partial charge in [0.2, 0.25) is 6.41 Å². The van der Waals surface area contributed by atoms with E-state index in [0.717, 1.165) is 13.0 Å². The largest absolute Gasteiger partial charge is 0.358 e. The van der Waals surface area contributed by atoms with Crippen LogP contribution in [0, 0.1) is 0 Å². The van der Waals surface area contributed by atoms with Crippen LogP contribution in [-0.4, -0.2) is 13.0 Å². The second kappa shape index (κ2) is 6.21. The number of allylic oxidation sites excluding steroid dienone is 1. The Bertz CT molecular complexity index is 78.6. The van der Waals surface area contributed by atoms with Crippen molar-refractivity contribution >= 4 is 6.41 Å². The highest BCUT2D eigenvalue weighted by atomic mass is 16.1. The Morgan fingerprint density at radius 1 is 1.62 bits per heavy atom. The standard InChI is InChI=1S/C6H11NO/c1-2-3-4-5-7-6-8/h2-3,6H,4-5H2,1H3,(H,7,8)/b3-2+. The first kappa shape index (κ1) is 7.21. The van der Waals surface area contributed by atoms with Crippen molar-refractivity contribution in [2.75, 3.05) is 6.54 Å². The lowest BCUT2D eigenvalue weighted by Crippen LogP contribution is -2.10. The average Bonchev–Trinajstić information content (AvgIpc) is 1.81. The highest BCUT2D eigenvalue weighted by Crippen LogP contribution is 1.76. The van der Waals surface area contributed by atoms with E-state index in [9.17, 15) is 4.79 Å². The van der Waals surface area contributed by atoms with E-state index in [2.05, 4.69) is 5.32 Å². The molecule has 0 aromatic heterocycles. The molecule has 46 valence electrons. The first-order valence-corrected chi connectivity index (χ1v) is 2.70. The summed E-state index contributed by atoms with van der Waals surface area (Å²) >= 11 is 0. The second-order valence-corrected chi connectivity index (χ2v) is 1.43. The lowest BCUT2D eigenvalue weighted by molar-refractivity contribution is -0.109. The fourth-order valence-corrected chi connectivity index (χ4v) is 0.392. The molecule has 0 aliphatic heterocycles. The van der Waals surface area contributed by atoms with Gasteiger partial charge in [-0.05, 0) is 13.3 Å². The predicted octanol–water partition coefficient (Wildman–Crippen LogP) is 0.699. The maximum absolute atomic E-state index is 9.63. The van der Waals surface area contributed by atoms with E-state index in [-0.39, 0.29) is 0 Å². The molecule has 0 spiro atoms. The van der Waals surface area contributed by atoms with Crippen molar-refractivity contribution in [2.45, 2.75) is 13.3 Å². The van der Waals surface area contributed by atoms with Gasteiger partial charge in [-0.3, -0.25) is 4.79 Å².